The van der Waals surface area contributed by atoms with E-state index in [2.05, 4.69) is 5.32 Å². The van der Waals surface area contributed by atoms with Gasteiger partial charge in [0.15, 0.2) is 0 Å². The summed E-state index contributed by atoms with van der Waals surface area (Å²) < 4.78 is 37.5. The molecular formula is C18H22N2O5S2. The van der Waals surface area contributed by atoms with Gasteiger partial charge in [0, 0.05) is 18.0 Å². The van der Waals surface area contributed by atoms with Crippen LogP contribution < -0.4 is 5.32 Å². The average Bonchev–Trinajstić information content (AvgIpc) is 3.18. The lowest BCUT2D eigenvalue weighted by Crippen LogP contribution is -2.40. The summed E-state index contributed by atoms with van der Waals surface area (Å²) in [5.41, 5.74) is 1.00. The fraction of sp³-hybridized carbons (Fsp3) is 0.389. The van der Waals surface area contributed by atoms with Crippen molar-refractivity contribution in [2.24, 2.45) is 0 Å². The number of morpholine rings is 1. The van der Waals surface area contributed by atoms with E-state index >= 15 is 0 Å². The largest absolute Gasteiger partial charge is 0.379 e. The van der Waals surface area contributed by atoms with E-state index in [1.807, 2.05) is 30.3 Å². The molecule has 0 radical (unpaired) electrons. The van der Waals surface area contributed by atoms with Crippen LogP contribution in [-0.2, 0) is 37.4 Å². The Balaban J connectivity index is 1.45. The molecule has 1 N–H and O–H groups in total. The summed E-state index contributed by atoms with van der Waals surface area (Å²) in [4.78, 5) is 12.7. The van der Waals surface area contributed by atoms with Crippen LogP contribution in [-0.4, -0.2) is 51.5 Å². The average molecular weight is 411 g/mol. The standard InChI is InChI=1S/C18H22N2O5S2/c21-17(14-25-13-15-4-2-1-3-5-15)19-12-16-6-7-18(26-16)27(22,23)20-8-10-24-11-9-20/h1-7H,8-14H2,(H,19,21). The number of amides is 1. The molecule has 1 aliphatic rings. The molecule has 2 aromatic rings. The van der Waals surface area contributed by atoms with Crippen molar-refractivity contribution in [2.75, 3.05) is 32.9 Å². The monoisotopic (exact) mass is 410 g/mol. The van der Waals surface area contributed by atoms with Gasteiger partial charge >= 0.3 is 0 Å². The highest BCUT2D eigenvalue weighted by Gasteiger charge is 2.27. The number of benzene rings is 1. The van der Waals surface area contributed by atoms with Gasteiger partial charge in [-0.25, -0.2) is 8.42 Å². The summed E-state index contributed by atoms with van der Waals surface area (Å²) in [6.45, 7) is 2.16. The van der Waals surface area contributed by atoms with Crippen LogP contribution in [0, 0.1) is 0 Å². The lowest BCUT2D eigenvalue weighted by molar-refractivity contribution is -0.126. The summed E-state index contributed by atoms with van der Waals surface area (Å²) in [7, 11) is -3.49. The second-order valence-corrected chi connectivity index (χ2v) is 9.33. The fourth-order valence-corrected chi connectivity index (χ4v) is 5.44. The van der Waals surface area contributed by atoms with E-state index < -0.39 is 10.0 Å². The van der Waals surface area contributed by atoms with Crippen LogP contribution in [0.2, 0.25) is 0 Å². The van der Waals surface area contributed by atoms with Gasteiger partial charge in [-0.1, -0.05) is 30.3 Å². The molecule has 0 aliphatic carbocycles. The maximum Gasteiger partial charge on any atom is 0.252 e. The van der Waals surface area contributed by atoms with Gasteiger partial charge in [0.05, 0.1) is 26.4 Å². The van der Waals surface area contributed by atoms with Crippen molar-refractivity contribution in [2.45, 2.75) is 17.4 Å². The molecule has 1 aromatic carbocycles. The second-order valence-electron chi connectivity index (χ2n) is 5.99. The van der Waals surface area contributed by atoms with Crippen molar-refractivity contribution in [3.8, 4) is 0 Å². The van der Waals surface area contributed by atoms with Crippen molar-refractivity contribution >= 4 is 27.3 Å². The number of hydrogen-bond donors (Lipinski definition) is 1. The SMILES string of the molecule is O=C(COCc1ccccc1)NCc1ccc(S(=O)(=O)N2CCOCC2)s1. The quantitative estimate of drug-likeness (QED) is 0.715. The minimum Gasteiger partial charge on any atom is -0.379 e. The Labute approximate surface area is 163 Å². The van der Waals surface area contributed by atoms with Gasteiger partial charge in [-0.05, 0) is 17.7 Å². The summed E-state index contributed by atoms with van der Waals surface area (Å²) in [6, 6.07) is 12.9. The number of thiophene rings is 1. The zero-order valence-corrected chi connectivity index (χ0v) is 16.4. The molecule has 1 aliphatic heterocycles. The van der Waals surface area contributed by atoms with Gasteiger partial charge < -0.3 is 14.8 Å². The van der Waals surface area contributed by atoms with Crippen LogP contribution in [0.25, 0.3) is 0 Å². The van der Waals surface area contributed by atoms with E-state index in [0.29, 0.717) is 32.9 Å². The third-order valence-electron chi connectivity index (χ3n) is 4.01. The van der Waals surface area contributed by atoms with E-state index in [1.165, 1.54) is 15.6 Å². The number of nitrogens with zero attached hydrogens (tertiary/aromatic N) is 1. The smallest absolute Gasteiger partial charge is 0.252 e. The highest BCUT2D eigenvalue weighted by Crippen LogP contribution is 2.25. The molecule has 0 unspecified atom stereocenters. The minimum absolute atomic E-state index is 0.0425. The summed E-state index contributed by atoms with van der Waals surface area (Å²) in [6.07, 6.45) is 0. The molecule has 7 nitrogen and oxygen atoms in total. The lowest BCUT2D eigenvalue weighted by atomic mass is 10.2. The Kier molecular flexibility index (Phi) is 6.97. The fourth-order valence-electron chi connectivity index (χ4n) is 2.58. The maximum absolute atomic E-state index is 12.6. The third-order valence-corrected chi connectivity index (χ3v) is 7.46. The van der Waals surface area contributed by atoms with E-state index in [9.17, 15) is 13.2 Å². The predicted molar refractivity (Wildman–Crippen MR) is 102 cm³/mol. The minimum atomic E-state index is -3.49. The number of carbonyl (C=O) groups is 1. The van der Waals surface area contributed by atoms with Crippen molar-refractivity contribution in [1.82, 2.24) is 9.62 Å². The van der Waals surface area contributed by atoms with E-state index in [4.69, 9.17) is 9.47 Å². The normalized spacial score (nSPS) is 15.6. The molecule has 9 heteroatoms. The van der Waals surface area contributed by atoms with E-state index in [0.717, 1.165) is 10.4 Å². The van der Waals surface area contributed by atoms with Crippen molar-refractivity contribution in [3.63, 3.8) is 0 Å². The molecule has 0 saturated carbocycles. The molecule has 0 atom stereocenters. The van der Waals surface area contributed by atoms with E-state index in [-0.39, 0.29) is 23.3 Å². The highest BCUT2D eigenvalue weighted by molar-refractivity contribution is 7.91. The Bertz CT molecular complexity index is 846. The van der Waals surface area contributed by atoms with Crippen molar-refractivity contribution in [3.05, 3.63) is 52.9 Å². The second kappa shape index (κ2) is 9.43. The number of nitrogens with one attached hydrogen (secondary N) is 1. The molecular weight excluding hydrogens is 388 g/mol. The van der Waals surface area contributed by atoms with Crippen molar-refractivity contribution in [1.29, 1.82) is 0 Å². The molecule has 27 heavy (non-hydrogen) atoms. The van der Waals surface area contributed by atoms with Crippen LogP contribution >= 0.6 is 11.3 Å². The van der Waals surface area contributed by atoms with E-state index in [1.54, 1.807) is 12.1 Å². The summed E-state index contributed by atoms with van der Waals surface area (Å²) >= 11 is 1.17. The Morgan fingerprint density at radius 1 is 1.15 bits per heavy atom. The first-order valence-electron chi connectivity index (χ1n) is 8.61. The number of carbonyl (C=O) groups excluding carboxylic acids is 1. The van der Waals surface area contributed by atoms with Crippen LogP contribution in [0.15, 0.2) is 46.7 Å². The van der Waals surface area contributed by atoms with Crippen LogP contribution in [0.5, 0.6) is 0 Å². The highest BCUT2D eigenvalue weighted by atomic mass is 32.2. The van der Waals surface area contributed by atoms with Crippen LogP contribution in [0.4, 0.5) is 0 Å². The lowest BCUT2D eigenvalue weighted by Gasteiger charge is -2.25. The molecule has 1 fully saturated rings. The molecule has 2 heterocycles. The van der Waals surface area contributed by atoms with Gasteiger partial charge in [0.2, 0.25) is 5.91 Å². The van der Waals surface area contributed by atoms with Gasteiger partial charge in [-0.2, -0.15) is 4.31 Å². The third kappa shape index (κ3) is 5.60. The molecule has 3 rings (SSSR count). The number of rotatable bonds is 8. The van der Waals surface area contributed by atoms with Gasteiger partial charge in [0.25, 0.3) is 10.0 Å². The van der Waals surface area contributed by atoms with Crippen LogP contribution in [0.3, 0.4) is 0 Å². The predicted octanol–water partition coefficient (Wildman–Crippen LogP) is 1.60. The number of ether oxygens (including phenoxy) is 2. The first-order valence-corrected chi connectivity index (χ1v) is 10.9. The maximum atomic E-state index is 12.6. The Hall–Kier alpha value is -1.78. The summed E-state index contributed by atoms with van der Waals surface area (Å²) in [5.74, 6) is -0.239. The molecule has 0 bridgehead atoms. The topological polar surface area (TPSA) is 84.9 Å². The molecule has 1 aromatic heterocycles. The van der Waals surface area contributed by atoms with Crippen molar-refractivity contribution < 1.29 is 22.7 Å². The zero-order valence-electron chi connectivity index (χ0n) is 14.8. The van der Waals surface area contributed by atoms with Gasteiger partial charge in [-0.3, -0.25) is 4.79 Å². The molecule has 0 spiro atoms. The van der Waals surface area contributed by atoms with Crippen LogP contribution in [0.1, 0.15) is 10.4 Å². The number of sulfonamides is 1. The number of hydrogen-bond acceptors (Lipinski definition) is 6. The van der Waals surface area contributed by atoms with Gasteiger partial charge in [0.1, 0.15) is 10.8 Å². The first kappa shape index (κ1) is 20.0. The molecule has 1 amide bonds. The van der Waals surface area contributed by atoms with Gasteiger partial charge in [-0.15, -0.1) is 11.3 Å². The first-order chi connectivity index (χ1) is 13.1. The Morgan fingerprint density at radius 3 is 2.63 bits per heavy atom. The summed E-state index contributed by atoms with van der Waals surface area (Å²) in [5, 5.41) is 2.75. The molecule has 1 saturated heterocycles. The molecule has 146 valence electrons. The zero-order chi connectivity index (χ0) is 19.1. The Morgan fingerprint density at radius 2 is 1.89 bits per heavy atom.